The SMILES string of the molecule is Fc1c(C(Br)c2cc(Br)ccc2Br)cccc1C(F)(F)F. The van der Waals surface area contributed by atoms with Crippen LogP contribution in [0.1, 0.15) is 21.5 Å². The lowest BCUT2D eigenvalue weighted by atomic mass is 10.0. The fourth-order valence-electron chi connectivity index (χ4n) is 1.84. The summed E-state index contributed by atoms with van der Waals surface area (Å²) < 4.78 is 53.9. The topological polar surface area (TPSA) is 0 Å². The van der Waals surface area contributed by atoms with Crippen LogP contribution >= 0.6 is 47.8 Å². The Labute approximate surface area is 143 Å². The molecule has 2 aromatic rings. The first-order valence-electron chi connectivity index (χ1n) is 5.66. The maximum Gasteiger partial charge on any atom is 0.419 e. The maximum absolute atomic E-state index is 14.2. The fraction of sp³-hybridized carbons (Fsp3) is 0.143. The average molecular weight is 491 g/mol. The molecule has 0 aromatic heterocycles. The van der Waals surface area contributed by atoms with Crippen LogP contribution in [0.2, 0.25) is 0 Å². The molecule has 1 atom stereocenters. The van der Waals surface area contributed by atoms with Crippen molar-refractivity contribution in [2.45, 2.75) is 11.0 Å². The monoisotopic (exact) mass is 488 g/mol. The third-order valence-electron chi connectivity index (χ3n) is 2.84. The summed E-state index contributed by atoms with van der Waals surface area (Å²) in [4.78, 5) is -0.702. The smallest absolute Gasteiger partial charge is 0.206 e. The van der Waals surface area contributed by atoms with Crippen LogP contribution in [-0.4, -0.2) is 0 Å². The molecule has 0 heterocycles. The summed E-state index contributed by atoms with van der Waals surface area (Å²) in [5, 5.41) is 0. The van der Waals surface area contributed by atoms with Crippen LogP contribution in [0.15, 0.2) is 45.3 Å². The van der Waals surface area contributed by atoms with Gasteiger partial charge in [0.25, 0.3) is 0 Å². The van der Waals surface area contributed by atoms with Crippen molar-refractivity contribution in [2.24, 2.45) is 0 Å². The molecular weight excluding hydrogens is 484 g/mol. The fourth-order valence-corrected chi connectivity index (χ4v) is 3.73. The highest BCUT2D eigenvalue weighted by molar-refractivity contribution is 9.11. The molecule has 1 unspecified atom stereocenters. The number of alkyl halides is 4. The summed E-state index contributed by atoms with van der Waals surface area (Å²) in [6.07, 6.45) is -4.72. The zero-order valence-electron chi connectivity index (χ0n) is 10.2. The van der Waals surface area contributed by atoms with Gasteiger partial charge in [0.15, 0.2) is 0 Å². The van der Waals surface area contributed by atoms with Gasteiger partial charge >= 0.3 is 6.18 Å². The van der Waals surface area contributed by atoms with Gasteiger partial charge in [-0.05, 0) is 29.8 Å². The van der Waals surface area contributed by atoms with E-state index < -0.39 is 22.4 Å². The molecule has 2 aromatic carbocycles. The Morgan fingerprint density at radius 3 is 2.24 bits per heavy atom. The largest absolute Gasteiger partial charge is 0.419 e. The van der Waals surface area contributed by atoms with Gasteiger partial charge in [-0.3, -0.25) is 0 Å². The van der Waals surface area contributed by atoms with Crippen molar-refractivity contribution >= 4 is 47.8 Å². The zero-order chi connectivity index (χ0) is 15.8. The van der Waals surface area contributed by atoms with E-state index in [0.717, 1.165) is 10.5 Å². The highest BCUT2D eigenvalue weighted by Crippen LogP contribution is 2.41. The standard InChI is InChI=1S/C14H7Br3F4/c15-7-4-5-11(16)9(6-7)12(17)8-2-1-3-10(13(8)18)14(19,20)21/h1-6,12H. The summed E-state index contributed by atoms with van der Waals surface area (Å²) >= 11 is 9.87. The van der Waals surface area contributed by atoms with Gasteiger partial charge in [-0.25, -0.2) is 4.39 Å². The van der Waals surface area contributed by atoms with Crippen molar-refractivity contribution in [1.82, 2.24) is 0 Å². The molecule has 0 N–H and O–H groups in total. The first-order valence-corrected chi connectivity index (χ1v) is 8.16. The lowest BCUT2D eigenvalue weighted by Crippen LogP contribution is -2.11. The van der Waals surface area contributed by atoms with E-state index in [0.29, 0.717) is 10.0 Å². The van der Waals surface area contributed by atoms with Crippen LogP contribution in [0.4, 0.5) is 17.6 Å². The molecule has 21 heavy (non-hydrogen) atoms. The van der Waals surface area contributed by atoms with Crippen molar-refractivity contribution in [1.29, 1.82) is 0 Å². The molecule has 0 saturated heterocycles. The van der Waals surface area contributed by atoms with E-state index in [-0.39, 0.29) is 5.56 Å². The van der Waals surface area contributed by atoms with E-state index in [1.54, 1.807) is 18.2 Å². The van der Waals surface area contributed by atoms with Gasteiger partial charge in [0, 0.05) is 14.5 Å². The molecule has 0 aliphatic carbocycles. The number of hydrogen-bond donors (Lipinski definition) is 0. The van der Waals surface area contributed by atoms with Crippen molar-refractivity contribution in [3.05, 3.63) is 67.9 Å². The quantitative estimate of drug-likeness (QED) is 0.319. The van der Waals surface area contributed by atoms with Crippen LogP contribution in [0.5, 0.6) is 0 Å². The van der Waals surface area contributed by atoms with E-state index in [1.807, 2.05) is 0 Å². The van der Waals surface area contributed by atoms with Crippen molar-refractivity contribution in [3.63, 3.8) is 0 Å². The molecule has 0 spiro atoms. The summed E-state index contributed by atoms with van der Waals surface area (Å²) in [7, 11) is 0. The van der Waals surface area contributed by atoms with Crippen LogP contribution in [0.3, 0.4) is 0 Å². The summed E-state index contributed by atoms with van der Waals surface area (Å²) in [6.45, 7) is 0. The molecule has 0 amide bonds. The maximum atomic E-state index is 14.2. The van der Waals surface area contributed by atoms with Crippen LogP contribution < -0.4 is 0 Å². The second-order valence-corrected chi connectivity index (χ2v) is 6.92. The minimum atomic E-state index is -4.72. The summed E-state index contributed by atoms with van der Waals surface area (Å²) in [6, 6.07) is 8.48. The third kappa shape index (κ3) is 3.68. The van der Waals surface area contributed by atoms with E-state index in [4.69, 9.17) is 0 Å². The molecule has 0 aliphatic rings. The van der Waals surface area contributed by atoms with Crippen molar-refractivity contribution in [2.75, 3.05) is 0 Å². The Balaban J connectivity index is 2.54. The van der Waals surface area contributed by atoms with E-state index >= 15 is 0 Å². The zero-order valence-corrected chi connectivity index (χ0v) is 14.9. The Kier molecular flexibility index (Phi) is 5.15. The number of halogens is 7. The van der Waals surface area contributed by atoms with Gasteiger partial charge in [-0.15, -0.1) is 0 Å². The minimum Gasteiger partial charge on any atom is -0.206 e. The molecule has 7 heteroatoms. The Hall–Kier alpha value is -0.400. The Morgan fingerprint density at radius 2 is 1.62 bits per heavy atom. The highest BCUT2D eigenvalue weighted by atomic mass is 79.9. The van der Waals surface area contributed by atoms with E-state index in [2.05, 4.69) is 47.8 Å². The predicted molar refractivity (Wildman–Crippen MR) is 84.0 cm³/mol. The van der Waals surface area contributed by atoms with E-state index in [9.17, 15) is 17.6 Å². The number of benzene rings is 2. The molecule has 0 radical (unpaired) electrons. The lowest BCUT2D eigenvalue weighted by molar-refractivity contribution is -0.140. The first kappa shape index (κ1) is 17.0. The second kappa shape index (κ2) is 6.38. The summed E-state index contributed by atoms with van der Waals surface area (Å²) in [5.41, 5.74) is -0.707. The van der Waals surface area contributed by atoms with Crippen molar-refractivity contribution in [3.8, 4) is 0 Å². The third-order valence-corrected chi connectivity index (χ3v) is 5.04. The molecule has 0 fully saturated rings. The molecular formula is C14H7Br3F4. The molecule has 0 nitrogen and oxygen atoms in total. The first-order chi connectivity index (χ1) is 9.71. The van der Waals surface area contributed by atoms with Crippen LogP contribution in [0.25, 0.3) is 0 Å². The molecule has 0 bridgehead atoms. The van der Waals surface area contributed by atoms with Gasteiger partial charge in [-0.1, -0.05) is 59.9 Å². The normalized spacial score (nSPS) is 13.3. The summed E-state index contributed by atoms with van der Waals surface area (Å²) in [5.74, 6) is -1.27. The predicted octanol–water partition coefficient (Wildman–Crippen LogP) is 6.85. The average Bonchev–Trinajstić information content (AvgIpc) is 2.39. The number of rotatable bonds is 2. The molecule has 0 aliphatic heterocycles. The van der Waals surface area contributed by atoms with E-state index in [1.165, 1.54) is 12.1 Å². The minimum absolute atomic E-state index is 0.0661. The lowest BCUT2D eigenvalue weighted by Gasteiger charge is -2.17. The van der Waals surface area contributed by atoms with Gasteiger partial charge < -0.3 is 0 Å². The van der Waals surface area contributed by atoms with Gasteiger partial charge in [-0.2, -0.15) is 13.2 Å². The Morgan fingerprint density at radius 1 is 0.952 bits per heavy atom. The van der Waals surface area contributed by atoms with Gasteiger partial charge in [0.1, 0.15) is 5.82 Å². The Bertz CT molecular complexity index is 668. The van der Waals surface area contributed by atoms with Crippen molar-refractivity contribution < 1.29 is 17.6 Å². The van der Waals surface area contributed by atoms with Crippen LogP contribution in [0, 0.1) is 5.82 Å². The van der Waals surface area contributed by atoms with Crippen LogP contribution in [-0.2, 0) is 6.18 Å². The molecule has 0 saturated carbocycles. The molecule has 112 valence electrons. The van der Waals surface area contributed by atoms with Gasteiger partial charge in [0.05, 0.1) is 10.4 Å². The van der Waals surface area contributed by atoms with Gasteiger partial charge in [0.2, 0.25) is 0 Å². The molecule has 2 rings (SSSR count). The second-order valence-electron chi connectivity index (χ2n) is 4.23. The highest BCUT2D eigenvalue weighted by Gasteiger charge is 2.35. The number of hydrogen-bond acceptors (Lipinski definition) is 0.